The lowest BCUT2D eigenvalue weighted by molar-refractivity contribution is 0.306. The van der Waals surface area contributed by atoms with Gasteiger partial charge in [0.2, 0.25) is 5.88 Å². The smallest absolute Gasteiger partial charge is 0.335 e. The van der Waals surface area contributed by atoms with Crippen LogP contribution in [-0.2, 0) is 13.0 Å². The number of methoxy groups -OCH3 is 1. The van der Waals surface area contributed by atoms with Crippen LogP contribution in [0.5, 0.6) is 17.4 Å². The molecule has 6 aromatic rings. The fraction of sp³-hybridized carbons (Fsp3) is 0.114. The zero-order valence-electron chi connectivity index (χ0n) is 24.0. The highest BCUT2D eigenvalue weighted by atomic mass is 16.5. The molecule has 9 nitrogen and oxygen atoms in total. The summed E-state index contributed by atoms with van der Waals surface area (Å²) in [7, 11) is 1.54. The van der Waals surface area contributed by atoms with Gasteiger partial charge in [-0.15, -0.1) is 0 Å². The maximum Gasteiger partial charge on any atom is 0.335 e. The van der Waals surface area contributed by atoms with E-state index in [1.807, 2.05) is 85.1 Å². The minimum absolute atomic E-state index is 0.0952. The zero-order valence-corrected chi connectivity index (χ0v) is 24.0. The van der Waals surface area contributed by atoms with Crippen molar-refractivity contribution >= 4 is 16.6 Å². The van der Waals surface area contributed by atoms with Crippen molar-refractivity contribution in [2.75, 3.05) is 13.7 Å². The molecule has 0 saturated carbocycles. The molecule has 0 fully saturated rings. The Morgan fingerprint density at radius 2 is 1.59 bits per heavy atom. The van der Waals surface area contributed by atoms with Crippen molar-refractivity contribution in [2.45, 2.75) is 13.0 Å². The van der Waals surface area contributed by atoms with Crippen LogP contribution in [0.25, 0.3) is 16.6 Å². The molecule has 0 saturated heterocycles. The minimum atomic E-state index is -0.766. The van der Waals surface area contributed by atoms with Gasteiger partial charge in [-0.3, -0.25) is 14.8 Å². The Bertz CT molecular complexity index is 2040. The van der Waals surface area contributed by atoms with Crippen LogP contribution >= 0.6 is 0 Å². The van der Waals surface area contributed by atoms with Gasteiger partial charge in [0.05, 0.1) is 18.5 Å². The molecule has 9 heteroatoms. The largest absolute Gasteiger partial charge is 0.497 e. The molecule has 0 aliphatic heterocycles. The fourth-order valence-corrected chi connectivity index (χ4v) is 5.10. The molecule has 220 valence electrons. The number of aromatic nitrogens is 3. The molecule has 6 rings (SSSR count). The van der Waals surface area contributed by atoms with Gasteiger partial charge in [-0.1, -0.05) is 60.7 Å². The summed E-state index contributed by atoms with van der Waals surface area (Å²) in [5.41, 5.74) is 2.76. The number of nitrogens with zero attached hydrogens (tertiary/aromatic N) is 2. The molecule has 3 N–H and O–H groups in total. The van der Waals surface area contributed by atoms with Crippen molar-refractivity contribution in [1.82, 2.24) is 14.5 Å². The Labute approximate surface area is 252 Å². The number of hydrogen-bond acceptors (Lipinski definition) is 6. The summed E-state index contributed by atoms with van der Waals surface area (Å²) in [4.78, 5) is 36.5. The van der Waals surface area contributed by atoms with Gasteiger partial charge in [-0.2, -0.15) is 0 Å². The molecule has 0 atom stereocenters. The summed E-state index contributed by atoms with van der Waals surface area (Å²) in [6.07, 6.45) is 2.49. The van der Waals surface area contributed by atoms with Crippen LogP contribution in [0.4, 0.5) is 0 Å². The van der Waals surface area contributed by atoms with E-state index in [1.165, 1.54) is 7.11 Å². The van der Waals surface area contributed by atoms with Gasteiger partial charge in [0, 0.05) is 29.2 Å². The SMILES string of the molecule is COc1ccc(-n2c(O)c(C(=NCCc3c[nH]c4ccc(OCc5ccccc5)cc34)c3ccccc3)c(=O)[nH]c2=O)cc1. The number of rotatable bonds is 10. The van der Waals surface area contributed by atoms with Gasteiger partial charge in [-0.05, 0) is 60.0 Å². The number of H-pyrrole nitrogens is 2. The average molecular weight is 587 g/mol. The standard InChI is InChI=1S/C35H30N4O5/c1-43-27-14-12-26(13-15-27)39-34(41)31(33(40)38-35(39)42)32(24-10-6-3-7-11-24)36-19-18-25-21-37-30-17-16-28(20-29(25)30)44-22-23-8-4-2-5-9-23/h2-17,20-21,37,41H,18-19,22H2,1H3,(H,38,40,42). The molecule has 2 aromatic heterocycles. The molecule has 0 aliphatic rings. The Morgan fingerprint density at radius 1 is 0.886 bits per heavy atom. The second-order valence-corrected chi connectivity index (χ2v) is 10.1. The maximum absolute atomic E-state index is 13.2. The molecule has 0 bridgehead atoms. The lowest BCUT2D eigenvalue weighted by Gasteiger charge is -2.14. The second-order valence-electron chi connectivity index (χ2n) is 10.1. The highest BCUT2D eigenvalue weighted by Crippen LogP contribution is 2.26. The fourth-order valence-electron chi connectivity index (χ4n) is 5.10. The lowest BCUT2D eigenvalue weighted by atomic mass is 10.0. The molecular weight excluding hydrogens is 556 g/mol. The topological polar surface area (TPSA) is 122 Å². The third-order valence-electron chi connectivity index (χ3n) is 7.34. The summed E-state index contributed by atoms with van der Waals surface area (Å²) >= 11 is 0. The van der Waals surface area contributed by atoms with Crippen LogP contribution in [0.2, 0.25) is 0 Å². The zero-order chi connectivity index (χ0) is 30.5. The van der Waals surface area contributed by atoms with Crippen molar-refractivity contribution in [3.63, 3.8) is 0 Å². The molecular formula is C35H30N4O5. The molecule has 0 aliphatic carbocycles. The van der Waals surface area contributed by atoms with Crippen LogP contribution in [0.15, 0.2) is 124 Å². The van der Waals surface area contributed by atoms with E-state index in [4.69, 9.17) is 14.5 Å². The predicted octanol–water partition coefficient (Wildman–Crippen LogP) is 5.38. The van der Waals surface area contributed by atoms with Gasteiger partial charge < -0.3 is 19.6 Å². The quantitative estimate of drug-likeness (QED) is 0.186. The molecule has 4 aromatic carbocycles. The van der Waals surface area contributed by atoms with E-state index in [0.717, 1.165) is 32.3 Å². The Kier molecular flexibility index (Phi) is 8.09. The van der Waals surface area contributed by atoms with E-state index in [2.05, 4.69) is 9.97 Å². The predicted molar refractivity (Wildman–Crippen MR) is 171 cm³/mol. The number of ether oxygens (including phenoxy) is 2. The van der Waals surface area contributed by atoms with Crippen molar-refractivity contribution < 1.29 is 14.6 Å². The van der Waals surface area contributed by atoms with Crippen LogP contribution < -0.4 is 20.7 Å². The third kappa shape index (κ3) is 5.89. The number of benzene rings is 4. The summed E-state index contributed by atoms with van der Waals surface area (Å²) in [5.74, 6) is 0.844. The van der Waals surface area contributed by atoms with Crippen LogP contribution in [-0.4, -0.2) is 39.0 Å². The first-order chi connectivity index (χ1) is 21.5. The van der Waals surface area contributed by atoms with Gasteiger partial charge in [0.15, 0.2) is 0 Å². The van der Waals surface area contributed by atoms with Crippen LogP contribution in [0.1, 0.15) is 22.3 Å². The Balaban J connectivity index is 1.32. The van der Waals surface area contributed by atoms with Gasteiger partial charge in [0.1, 0.15) is 23.7 Å². The first kappa shape index (κ1) is 28.3. The van der Waals surface area contributed by atoms with E-state index >= 15 is 0 Å². The van der Waals surface area contributed by atoms with Crippen molar-refractivity contribution in [3.8, 4) is 23.1 Å². The number of aromatic hydroxyl groups is 1. The first-order valence-electron chi connectivity index (χ1n) is 14.1. The van der Waals surface area contributed by atoms with E-state index in [9.17, 15) is 14.7 Å². The summed E-state index contributed by atoms with van der Waals surface area (Å²) in [5, 5.41) is 12.4. The number of hydrogen-bond donors (Lipinski definition) is 3. The van der Waals surface area contributed by atoms with E-state index < -0.39 is 17.1 Å². The number of aromatic amines is 2. The monoisotopic (exact) mass is 586 g/mol. The molecule has 0 spiro atoms. The highest BCUT2D eigenvalue weighted by Gasteiger charge is 2.22. The van der Waals surface area contributed by atoms with Gasteiger partial charge >= 0.3 is 5.69 Å². The number of aliphatic imine (C=N–C) groups is 1. The maximum atomic E-state index is 13.2. The van der Waals surface area contributed by atoms with Gasteiger partial charge in [-0.25, -0.2) is 9.36 Å². The minimum Gasteiger partial charge on any atom is -0.497 e. The normalized spacial score (nSPS) is 11.5. The summed E-state index contributed by atoms with van der Waals surface area (Å²) in [6, 6.07) is 31.6. The number of fused-ring (bicyclic) bond motifs is 1. The number of nitrogens with one attached hydrogen (secondary N) is 2. The molecule has 0 unspecified atom stereocenters. The third-order valence-corrected chi connectivity index (χ3v) is 7.34. The second kappa shape index (κ2) is 12.6. The highest BCUT2D eigenvalue weighted by molar-refractivity contribution is 6.14. The lowest BCUT2D eigenvalue weighted by Crippen LogP contribution is -2.33. The summed E-state index contributed by atoms with van der Waals surface area (Å²) < 4.78 is 12.3. The summed E-state index contributed by atoms with van der Waals surface area (Å²) in [6.45, 7) is 0.778. The van der Waals surface area contributed by atoms with Crippen LogP contribution in [0.3, 0.4) is 0 Å². The van der Waals surface area contributed by atoms with Crippen molar-refractivity contribution in [2.24, 2.45) is 4.99 Å². The van der Waals surface area contributed by atoms with Crippen molar-refractivity contribution in [1.29, 1.82) is 0 Å². The van der Waals surface area contributed by atoms with Gasteiger partial charge in [0.25, 0.3) is 5.56 Å². The van der Waals surface area contributed by atoms with E-state index in [-0.39, 0.29) is 11.3 Å². The molecule has 0 radical (unpaired) electrons. The average Bonchev–Trinajstić information content (AvgIpc) is 3.46. The van der Waals surface area contributed by atoms with E-state index in [0.29, 0.717) is 36.6 Å². The Hall–Kier alpha value is -5.83. The molecule has 0 amide bonds. The molecule has 44 heavy (non-hydrogen) atoms. The van der Waals surface area contributed by atoms with Crippen LogP contribution in [0, 0.1) is 0 Å². The molecule has 2 heterocycles. The van der Waals surface area contributed by atoms with E-state index in [1.54, 1.807) is 24.3 Å². The van der Waals surface area contributed by atoms with Crippen molar-refractivity contribution in [3.05, 3.63) is 152 Å². The first-order valence-corrected chi connectivity index (χ1v) is 14.1. The Morgan fingerprint density at radius 3 is 2.32 bits per heavy atom.